The Balaban J connectivity index is 1.76. The zero-order valence-electron chi connectivity index (χ0n) is 16.7. The number of carboxylic acid groups (broad SMARTS) is 2. The third kappa shape index (κ3) is 6.19. The number of carboxylic acids is 2. The monoisotopic (exact) mass is 439 g/mol. The molecule has 1 heterocycles. The number of aromatic amines is 1. The Morgan fingerprint density at radius 3 is 2.55 bits per heavy atom. The minimum atomic E-state index is -1.09. The first-order chi connectivity index (χ1) is 15.0. The summed E-state index contributed by atoms with van der Waals surface area (Å²) in [5.74, 6) is -0.862. The second kappa shape index (κ2) is 10.4. The van der Waals surface area contributed by atoms with Crippen LogP contribution >= 0.6 is 11.8 Å². The lowest BCUT2D eigenvalue weighted by atomic mass is 10.1. The number of rotatable bonds is 10. The number of para-hydroxylation sites is 1. The van der Waals surface area contributed by atoms with Crippen LogP contribution in [0.15, 0.2) is 58.6 Å². The first kappa shape index (κ1) is 22.1. The van der Waals surface area contributed by atoms with Crippen molar-refractivity contribution in [2.24, 2.45) is 0 Å². The predicted octanol–water partition coefficient (Wildman–Crippen LogP) is 4.25. The molecule has 31 heavy (non-hydrogen) atoms. The van der Waals surface area contributed by atoms with Gasteiger partial charge in [0.2, 0.25) is 5.16 Å². The molecule has 0 atom stereocenters. The number of nitrogens with one attached hydrogen (secondary N) is 1. The smallest absolute Gasteiger partial charge is 0.342 e. The average molecular weight is 439 g/mol. The third-order valence-corrected chi connectivity index (χ3v) is 5.09. The number of nitrogens with zero attached hydrogens (tertiary/aromatic N) is 2. The van der Waals surface area contributed by atoms with Crippen molar-refractivity contribution >= 4 is 29.8 Å². The van der Waals surface area contributed by atoms with E-state index in [9.17, 15) is 14.7 Å². The number of aromatic carboxylic acids is 1. The first-order valence-electron chi connectivity index (χ1n) is 9.54. The Hall–Kier alpha value is -3.59. The van der Waals surface area contributed by atoms with Crippen molar-refractivity contribution in [3.8, 4) is 5.75 Å². The Morgan fingerprint density at radius 2 is 1.87 bits per heavy atom. The highest BCUT2D eigenvalue weighted by Gasteiger charge is 2.15. The fourth-order valence-corrected chi connectivity index (χ4v) is 3.40. The van der Waals surface area contributed by atoms with Gasteiger partial charge in [-0.1, -0.05) is 37.3 Å². The molecule has 0 fully saturated rings. The molecule has 9 heteroatoms. The lowest BCUT2D eigenvalue weighted by Crippen LogP contribution is -2.01. The Kier molecular flexibility index (Phi) is 7.45. The molecule has 3 rings (SSSR count). The van der Waals surface area contributed by atoms with Crippen molar-refractivity contribution in [1.29, 1.82) is 0 Å². The van der Waals surface area contributed by atoms with E-state index >= 15 is 0 Å². The molecule has 1 aromatic heterocycles. The second-order valence-corrected chi connectivity index (χ2v) is 7.57. The number of hydrogen-bond acceptors (Lipinski definition) is 6. The van der Waals surface area contributed by atoms with E-state index < -0.39 is 11.9 Å². The summed E-state index contributed by atoms with van der Waals surface area (Å²) in [5, 5.41) is 25.8. The van der Waals surface area contributed by atoms with Crippen LogP contribution in [0.1, 0.15) is 40.7 Å². The SMILES string of the molecule is CCCc1nc(S/C(=C\c2ccccc2OCc2ccc(C(=O)O)cc2)C(=O)O)n[nH]1. The number of aliphatic carboxylic acids is 1. The van der Waals surface area contributed by atoms with E-state index in [1.54, 1.807) is 36.4 Å². The van der Waals surface area contributed by atoms with Gasteiger partial charge in [0.05, 0.1) is 5.56 Å². The topological polar surface area (TPSA) is 125 Å². The van der Waals surface area contributed by atoms with Gasteiger partial charge in [-0.3, -0.25) is 5.10 Å². The van der Waals surface area contributed by atoms with Crippen molar-refractivity contribution in [3.63, 3.8) is 0 Å². The van der Waals surface area contributed by atoms with Crippen molar-refractivity contribution in [1.82, 2.24) is 15.2 Å². The van der Waals surface area contributed by atoms with E-state index in [2.05, 4.69) is 15.2 Å². The number of aromatic nitrogens is 3. The fraction of sp³-hybridized carbons (Fsp3) is 0.182. The van der Waals surface area contributed by atoms with Crippen LogP contribution in [0.25, 0.3) is 6.08 Å². The van der Waals surface area contributed by atoms with Gasteiger partial charge in [0, 0.05) is 12.0 Å². The molecule has 8 nitrogen and oxygen atoms in total. The molecule has 0 unspecified atom stereocenters. The van der Waals surface area contributed by atoms with Gasteiger partial charge in [0.1, 0.15) is 23.1 Å². The number of thioether (sulfide) groups is 1. The summed E-state index contributed by atoms with van der Waals surface area (Å²) in [5.41, 5.74) is 1.59. The second-order valence-electron chi connectivity index (χ2n) is 6.56. The summed E-state index contributed by atoms with van der Waals surface area (Å²) in [6.45, 7) is 2.23. The van der Waals surface area contributed by atoms with Crippen molar-refractivity contribution in [2.75, 3.05) is 0 Å². The molecule has 0 amide bonds. The molecule has 0 radical (unpaired) electrons. The minimum Gasteiger partial charge on any atom is -0.488 e. The van der Waals surface area contributed by atoms with Crippen LogP contribution in [0.2, 0.25) is 0 Å². The van der Waals surface area contributed by atoms with Crippen LogP contribution in [0, 0.1) is 0 Å². The lowest BCUT2D eigenvalue weighted by molar-refractivity contribution is -0.131. The fourth-order valence-electron chi connectivity index (χ4n) is 2.68. The Morgan fingerprint density at radius 1 is 1.13 bits per heavy atom. The van der Waals surface area contributed by atoms with E-state index in [4.69, 9.17) is 9.84 Å². The molecule has 2 aromatic carbocycles. The summed E-state index contributed by atoms with van der Waals surface area (Å²) < 4.78 is 5.86. The summed E-state index contributed by atoms with van der Waals surface area (Å²) in [6, 6.07) is 13.5. The molecule has 0 saturated heterocycles. The highest BCUT2D eigenvalue weighted by Crippen LogP contribution is 2.29. The summed E-state index contributed by atoms with van der Waals surface area (Å²) in [6.07, 6.45) is 3.17. The van der Waals surface area contributed by atoms with E-state index in [-0.39, 0.29) is 17.1 Å². The first-order valence-corrected chi connectivity index (χ1v) is 10.4. The zero-order chi connectivity index (χ0) is 22.2. The summed E-state index contributed by atoms with van der Waals surface area (Å²) in [4.78, 5) is 27.1. The molecule has 160 valence electrons. The zero-order valence-corrected chi connectivity index (χ0v) is 17.6. The van der Waals surface area contributed by atoms with Gasteiger partial charge in [0.25, 0.3) is 0 Å². The molecule has 3 aromatic rings. The van der Waals surface area contributed by atoms with Crippen LogP contribution in [0.5, 0.6) is 5.75 Å². The van der Waals surface area contributed by atoms with E-state index in [1.807, 2.05) is 6.92 Å². The van der Waals surface area contributed by atoms with E-state index in [1.165, 1.54) is 18.2 Å². The van der Waals surface area contributed by atoms with E-state index in [0.29, 0.717) is 22.3 Å². The molecule has 0 saturated carbocycles. The van der Waals surface area contributed by atoms with Crippen LogP contribution in [0.4, 0.5) is 0 Å². The maximum atomic E-state index is 11.8. The van der Waals surface area contributed by atoms with Gasteiger partial charge < -0.3 is 14.9 Å². The quantitative estimate of drug-likeness (QED) is 0.316. The number of aryl methyl sites for hydroxylation is 1. The van der Waals surface area contributed by atoms with Gasteiger partial charge in [0.15, 0.2) is 0 Å². The number of H-pyrrole nitrogens is 1. The molecule has 0 aliphatic carbocycles. The number of carbonyl (C=O) groups is 2. The third-order valence-electron chi connectivity index (χ3n) is 4.21. The minimum absolute atomic E-state index is 0.0592. The molecule has 0 aliphatic heterocycles. The van der Waals surface area contributed by atoms with Crippen molar-refractivity contribution in [2.45, 2.75) is 31.5 Å². The van der Waals surface area contributed by atoms with Gasteiger partial charge in [-0.25, -0.2) is 14.6 Å². The van der Waals surface area contributed by atoms with Gasteiger partial charge in [-0.05, 0) is 48.0 Å². The van der Waals surface area contributed by atoms with Crippen LogP contribution in [-0.4, -0.2) is 37.3 Å². The molecular formula is C22H21N3O5S. The van der Waals surface area contributed by atoms with Gasteiger partial charge in [-0.15, -0.1) is 5.10 Å². The Labute approximate surface area is 183 Å². The van der Waals surface area contributed by atoms with Gasteiger partial charge >= 0.3 is 11.9 Å². The highest BCUT2D eigenvalue weighted by molar-refractivity contribution is 8.04. The molecule has 0 aliphatic rings. The standard InChI is InChI=1S/C22H21N3O5S/c1-2-5-19-23-22(25-24-19)31-18(21(28)29)12-16-6-3-4-7-17(16)30-13-14-8-10-15(11-9-14)20(26)27/h3-4,6-12H,2,5,13H2,1H3,(H,26,27)(H,28,29)(H,23,24,25)/b18-12-. The number of benzene rings is 2. The molecule has 0 spiro atoms. The molecular weight excluding hydrogens is 418 g/mol. The van der Waals surface area contributed by atoms with Crippen LogP contribution < -0.4 is 4.74 Å². The van der Waals surface area contributed by atoms with E-state index in [0.717, 1.165) is 30.2 Å². The molecule has 0 bridgehead atoms. The van der Waals surface area contributed by atoms with Crippen LogP contribution in [-0.2, 0) is 17.8 Å². The van der Waals surface area contributed by atoms with Crippen LogP contribution in [0.3, 0.4) is 0 Å². The average Bonchev–Trinajstić information content (AvgIpc) is 3.20. The maximum absolute atomic E-state index is 11.8. The summed E-state index contributed by atoms with van der Waals surface area (Å²) in [7, 11) is 0. The number of ether oxygens (including phenoxy) is 1. The lowest BCUT2D eigenvalue weighted by Gasteiger charge is -2.10. The molecule has 3 N–H and O–H groups in total. The summed E-state index contributed by atoms with van der Waals surface area (Å²) >= 11 is 0.963. The highest BCUT2D eigenvalue weighted by atomic mass is 32.2. The normalized spacial score (nSPS) is 11.3. The Bertz CT molecular complexity index is 1090. The van der Waals surface area contributed by atoms with Crippen molar-refractivity contribution in [3.05, 3.63) is 76.0 Å². The predicted molar refractivity (Wildman–Crippen MR) is 116 cm³/mol. The van der Waals surface area contributed by atoms with Crippen molar-refractivity contribution < 1.29 is 24.5 Å². The number of hydrogen-bond donors (Lipinski definition) is 3. The largest absolute Gasteiger partial charge is 0.488 e. The van der Waals surface area contributed by atoms with Gasteiger partial charge in [-0.2, -0.15) is 0 Å². The maximum Gasteiger partial charge on any atom is 0.342 e.